The third-order valence-electron chi connectivity index (χ3n) is 6.49. The minimum absolute atomic E-state index is 0.0602. The van der Waals surface area contributed by atoms with Crippen molar-refractivity contribution in [2.24, 2.45) is 11.3 Å². The molecule has 2 aromatic heterocycles. The summed E-state index contributed by atoms with van der Waals surface area (Å²) in [5, 5.41) is 10.2. The van der Waals surface area contributed by atoms with Gasteiger partial charge >= 0.3 is 0 Å². The average molecular weight is 474 g/mol. The first-order chi connectivity index (χ1) is 16.0. The number of rotatable bonds is 8. The number of nitrogens with one attached hydrogen (secondary N) is 3. The van der Waals surface area contributed by atoms with Crippen LogP contribution in [0.2, 0.25) is 5.02 Å². The molecule has 4 rings (SSSR count). The molecular formula is C24H32ClN5O3. The number of pyridine rings is 2. The Bertz CT molecular complexity index is 967. The summed E-state index contributed by atoms with van der Waals surface area (Å²) >= 11 is 6.45. The van der Waals surface area contributed by atoms with E-state index in [-0.39, 0.29) is 23.3 Å². The fraction of sp³-hybridized carbons (Fsp3) is 0.542. The molecule has 2 aliphatic heterocycles. The SMILES string of the molecule is COC[C@@H]1C[C@@H](C(=O)Nc2cc(-c3cccc(NCC4(C)CCOCC4)n3)c(Cl)cn2)CN1. The highest BCUT2D eigenvalue weighted by Gasteiger charge is 2.30. The lowest BCUT2D eigenvalue weighted by atomic mass is 9.82. The minimum atomic E-state index is -0.122. The summed E-state index contributed by atoms with van der Waals surface area (Å²) in [5.41, 5.74) is 1.64. The predicted molar refractivity (Wildman–Crippen MR) is 130 cm³/mol. The highest BCUT2D eigenvalue weighted by molar-refractivity contribution is 6.33. The molecule has 0 aromatic carbocycles. The third-order valence-corrected chi connectivity index (χ3v) is 6.79. The summed E-state index contributed by atoms with van der Waals surface area (Å²) in [4.78, 5) is 21.8. The molecule has 2 fully saturated rings. The van der Waals surface area contributed by atoms with Crippen LogP contribution in [0.15, 0.2) is 30.5 Å². The molecule has 178 valence electrons. The molecule has 2 aromatic rings. The molecule has 0 saturated carbocycles. The van der Waals surface area contributed by atoms with Gasteiger partial charge in [0.1, 0.15) is 11.6 Å². The normalized spacial score (nSPS) is 22.2. The van der Waals surface area contributed by atoms with Crippen molar-refractivity contribution in [3.05, 3.63) is 35.5 Å². The monoisotopic (exact) mass is 473 g/mol. The Morgan fingerprint density at radius 2 is 2.15 bits per heavy atom. The summed E-state index contributed by atoms with van der Waals surface area (Å²) < 4.78 is 10.7. The smallest absolute Gasteiger partial charge is 0.229 e. The number of amides is 1. The molecule has 4 heterocycles. The molecule has 3 N–H and O–H groups in total. The summed E-state index contributed by atoms with van der Waals surface area (Å²) in [5.74, 6) is 1.07. The maximum Gasteiger partial charge on any atom is 0.229 e. The molecule has 33 heavy (non-hydrogen) atoms. The number of aromatic nitrogens is 2. The van der Waals surface area contributed by atoms with E-state index in [1.807, 2.05) is 18.2 Å². The topological polar surface area (TPSA) is 97.4 Å². The van der Waals surface area contributed by atoms with E-state index in [9.17, 15) is 4.79 Å². The Morgan fingerprint density at radius 1 is 1.33 bits per heavy atom. The van der Waals surface area contributed by atoms with Gasteiger partial charge in [0, 0.05) is 51.2 Å². The lowest BCUT2D eigenvalue weighted by Crippen LogP contribution is -2.33. The van der Waals surface area contributed by atoms with Crippen molar-refractivity contribution in [1.29, 1.82) is 0 Å². The number of halogens is 1. The van der Waals surface area contributed by atoms with Gasteiger partial charge in [-0.1, -0.05) is 24.6 Å². The van der Waals surface area contributed by atoms with E-state index in [0.717, 1.165) is 56.1 Å². The second kappa shape index (κ2) is 10.8. The number of anilines is 2. The molecule has 9 heteroatoms. The number of hydrogen-bond donors (Lipinski definition) is 3. The standard InChI is InChI=1S/C24H32ClN5O3/c1-24(6-8-33-9-7-24)15-28-21-5-3-4-20(29-21)18-11-22(27-13-19(18)25)30-23(31)16-10-17(14-32-2)26-12-16/h3-5,11,13,16-17,26H,6-10,12,14-15H2,1-2H3,(H,28,29)(H,27,30,31)/t16-,17+/m1/s1. The van der Waals surface area contributed by atoms with Crippen molar-refractivity contribution in [3.8, 4) is 11.3 Å². The van der Waals surface area contributed by atoms with E-state index in [1.165, 1.54) is 0 Å². The molecule has 2 atom stereocenters. The zero-order valence-corrected chi connectivity index (χ0v) is 20.0. The van der Waals surface area contributed by atoms with Crippen LogP contribution < -0.4 is 16.0 Å². The fourth-order valence-corrected chi connectivity index (χ4v) is 4.51. The van der Waals surface area contributed by atoms with Crippen molar-refractivity contribution < 1.29 is 14.3 Å². The molecule has 8 nitrogen and oxygen atoms in total. The predicted octanol–water partition coefficient (Wildman–Crippen LogP) is 3.59. The van der Waals surface area contributed by atoms with Crippen LogP contribution in [-0.2, 0) is 14.3 Å². The Labute approximate surface area is 199 Å². The van der Waals surface area contributed by atoms with Gasteiger partial charge in [0.05, 0.1) is 23.2 Å². The summed E-state index contributed by atoms with van der Waals surface area (Å²) in [7, 11) is 1.66. The van der Waals surface area contributed by atoms with Crippen LogP contribution in [-0.4, -0.2) is 61.9 Å². The molecular weight excluding hydrogens is 442 g/mol. The molecule has 0 bridgehead atoms. The lowest BCUT2D eigenvalue weighted by Gasteiger charge is -2.33. The molecule has 0 spiro atoms. The molecule has 2 saturated heterocycles. The second-order valence-electron chi connectivity index (χ2n) is 9.22. The van der Waals surface area contributed by atoms with Crippen LogP contribution in [0, 0.1) is 11.3 Å². The van der Waals surface area contributed by atoms with Crippen molar-refractivity contribution in [2.75, 3.05) is 50.7 Å². The zero-order valence-electron chi connectivity index (χ0n) is 19.2. The van der Waals surface area contributed by atoms with Crippen molar-refractivity contribution in [2.45, 2.75) is 32.2 Å². The van der Waals surface area contributed by atoms with Gasteiger partial charge in [0.2, 0.25) is 5.91 Å². The largest absolute Gasteiger partial charge is 0.383 e. The van der Waals surface area contributed by atoms with E-state index in [4.69, 9.17) is 26.1 Å². The highest BCUT2D eigenvalue weighted by atomic mass is 35.5. The number of ether oxygens (including phenoxy) is 2. The van der Waals surface area contributed by atoms with Gasteiger partial charge in [-0.05, 0) is 42.9 Å². The van der Waals surface area contributed by atoms with Gasteiger partial charge in [-0.15, -0.1) is 0 Å². The van der Waals surface area contributed by atoms with Gasteiger partial charge in [0.15, 0.2) is 0 Å². The van der Waals surface area contributed by atoms with Crippen molar-refractivity contribution >= 4 is 29.1 Å². The molecule has 0 radical (unpaired) electrons. The first kappa shape index (κ1) is 23.9. The van der Waals surface area contributed by atoms with Gasteiger partial charge in [-0.3, -0.25) is 4.79 Å². The number of nitrogens with zero attached hydrogens (tertiary/aromatic N) is 2. The Morgan fingerprint density at radius 3 is 2.94 bits per heavy atom. The number of methoxy groups -OCH3 is 1. The molecule has 0 unspecified atom stereocenters. The van der Waals surface area contributed by atoms with E-state index in [0.29, 0.717) is 24.0 Å². The maximum atomic E-state index is 12.7. The number of hydrogen-bond acceptors (Lipinski definition) is 7. The van der Waals surface area contributed by atoms with Crippen LogP contribution in [0.25, 0.3) is 11.3 Å². The summed E-state index contributed by atoms with van der Waals surface area (Å²) in [6, 6.07) is 7.79. The minimum Gasteiger partial charge on any atom is -0.383 e. The second-order valence-corrected chi connectivity index (χ2v) is 9.62. The maximum absolute atomic E-state index is 12.7. The van der Waals surface area contributed by atoms with Crippen LogP contribution >= 0.6 is 11.6 Å². The first-order valence-electron chi connectivity index (χ1n) is 11.4. The van der Waals surface area contributed by atoms with Crippen LogP contribution in [0.4, 0.5) is 11.6 Å². The van der Waals surface area contributed by atoms with E-state index < -0.39 is 0 Å². The van der Waals surface area contributed by atoms with Gasteiger partial charge < -0.3 is 25.4 Å². The van der Waals surface area contributed by atoms with Crippen molar-refractivity contribution in [3.63, 3.8) is 0 Å². The Balaban J connectivity index is 1.43. The molecule has 0 aliphatic carbocycles. The zero-order chi connectivity index (χ0) is 23.3. The van der Waals surface area contributed by atoms with Crippen LogP contribution in [0.1, 0.15) is 26.2 Å². The van der Waals surface area contributed by atoms with E-state index in [2.05, 4.69) is 27.9 Å². The van der Waals surface area contributed by atoms with Gasteiger partial charge in [0.25, 0.3) is 0 Å². The quantitative estimate of drug-likeness (QED) is 0.539. The number of carbonyl (C=O) groups is 1. The highest BCUT2D eigenvalue weighted by Crippen LogP contribution is 2.31. The van der Waals surface area contributed by atoms with Gasteiger partial charge in [-0.2, -0.15) is 0 Å². The van der Waals surface area contributed by atoms with Gasteiger partial charge in [-0.25, -0.2) is 9.97 Å². The number of carbonyl (C=O) groups excluding carboxylic acids is 1. The average Bonchev–Trinajstić information content (AvgIpc) is 3.29. The van der Waals surface area contributed by atoms with E-state index >= 15 is 0 Å². The summed E-state index contributed by atoms with van der Waals surface area (Å²) in [6.07, 6.45) is 4.35. The Kier molecular flexibility index (Phi) is 7.80. The van der Waals surface area contributed by atoms with E-state index in [1.54, 1.807) is 19.4 Å². The first-order valence-corrected chi connectivity index (χ1v) is 11.8. The lowest BCUT2D eigenvalue weighted by molar-refractivity contribution is -0.119. The summed E-state index contributed by atoms with van der Waals surface area (Å²) in [6.45, 7) is 5.93. The Hall–Kier alpha value is -2.26. The third kappa shape index (κ3) is 6.20. The fourth-order valence-electron chi connectivity index (χ4n) is 4.31. The van der Waals surface area contributed by atoms with Crippen LogP contribution in [0.3, 0.4) is 0 Å². The molecule has 2 aliphatic rings. The van der Waals surface area contributed by atoms with Crippen LogP contribution in [0.5, 0.6) is 0 Å². The molecule has 1 amide bonds. The van der Waals surface area contributed by atoms with Crippen molar-refractivity contribution in [1.82, 2.24) is 15.3 Å².